The first-order valence-electron chi connectivity index (χ1n) is 9.46. The quantitative estimate of drug-likeness (QED) is 0.622. The summed E-state index contributed by atoms with van der Waals surface area (Å²) in [4.78, 5) is 27.0. The van der Waals surface area contributed by atoms with Crippen molar-refractivity contribution in [2.24, 2.45) is 5.10 Å². The van der Waals surface area contributed by atoms with Crippen LogP contribution in [0.2, 0.25) is 0 Å². The minimum absolute atomic E-state index is 0.0420. The highest BCUT2D eigenvalue weighted by atomic mass is 32.2. The Morgan fingerprint density at radius 3 is 2.66 bits per heavy atom. The molecule has 0 spiro atoms. The Labute approximate surface area is 170 Å². The second kappa shape index (κ2) is 8.77. The van der Waals surface area contributed by atoms with E-state index >= 15 is 0 Å². The van der Waals surface area contributed by atoms with Crippen molar-refractivity contribution in [3.63, 3.8) is 0 Å². The smallest absolute Gasteiger partial charge is 0.270 e. The lowest BCUT2D eigenvalue weighted by Gasteiger charge is -2.29. The Balaban J connectivity index is 1.78. The third-order valence-corrected chi connectivity index (χ3v) is 6.78. The molecule has 29 heavy (non-hydrogen) atoms. The molecule has 156 valence electrons. The van der Waals surface area contributed by atoms with Gasteiger partial charge in [-0.25, -0.2) is 13.4 Å². The third-order valence-electron chi connectivity index (χ3n) is 5.03. The number of nitrogens with zero attached hydrogens (tertiary/aromatic N) is 3. The number of hydrogen-bond acceptors (Lipinski definition) is 6. The molecular weight excluding hydrogens is 394 g/mol. The van der Waals surface area contributed by atoms with E-state index in [4.69, 9.17) is 4.74 Å². The van der Waals surface area contributed by atoms with Gasteiger partial charge < -0.3 is 9.64 Å². The summed E-state index contributed by atoms with van der Waals surface area (Å²) in [6.45, 7) is 4.41. The van der Waals surface area contributed by atoms with Crippen LogP contribution in [0.4, 0.5) is 0 Å². The van der Waals surface area contributed by atoms with Crippen LogP contribution in [0.1, 0.15) is 24.8 Å². The number of benzene rings is 1. The van der Waals surface area contributed by atoms with E-state index < -0.39 is 15.9 Å². The summed E-state index contributed by atoms with van der Waals surface area (Å²) in [5.74, 6) is 0.146. The van der Waals surface area contributed by atoms with Gasteiger partial charge in [-0.05, 0) is 24.1 Å². The molecule has 0 radical (unpaired) electrons. The topological polar surface area (TPSA) is 96.3 Å². The molecule has 2 aliphatic rings. The van der Waals surface area contributed by atoms with Crippen LogP contribution >= 0.6 is 0 Å². The molecule has 0 bridgehead atoms. The molecule has 3 rings (SSSR count). The standard InChI is InChI=1S/C20H25N3O5S/c1-3-11-22(13-15-4-6-17(28-2)7-5-15)20(25)18-8-9-19(24)23(21-18)16-10-12-29(26,27)14-16/h3-7,16H,1,8-14H2,2H3. The molecule has 0 aromatic heterocycles. The Morgan fingerprint density at radius 1 is 1.34 bits per heavy atom. The van der Waals surface area contributed by atoms with Crippen molar-refractivity contribution in [2.75, 3.05) is 25.2 Å². The van der Waals surface area contributed by atoms with Crippen molar-refractivity contribution < 1.29 is 22.7 Å². The zero-order valence-corrected chi connectivity index (χ0v) is 17.2. The van der Waals surface area contributed by atoms with E-state index in [1.54, 1.807) is 18.1 Å². The number of amides is 2. The van der Waals surface area contributed by atoms with E-state index in [2.05, 4.69) is 11.7 Å². The molecule has 1 unspecified atom stereocenters. The van der Waals surface area contributed by atoms with Crippen LogP contribution in [0, 0.1) is 0 Å². The lowest BCUT2D eigenvalue weighted by atomic mass is 10.1. The van der Waals surface area contributed by atoms with Crippen LogP contribution in [-0.4, -0.2) is 67.1 Å². The largest absolute Gasteiger partial charge is 0.497 e. The molecule has 0 aliphatic carbocycles. The highest BCUT2D eigenvalue weighted by Gasteiger charge is 2.37. The molecule has 2 heterocycles. The Kier molecular flexibility index (Phi) is 6.36. The van der Waals surface area contributed by atoms with E-state index in [0.29, 0.717) is 19.5 Å². The van der Waals surface area contributed by atoms with Gasteiger partial charge in [0.05, 0.1) is 24.7 Å². The summed E-state index contributed by atoms with van der Waals surface area (Å²) in [5, 5.41) is 5.48. The number of carbonyl (C=O) groups excluding carboxylic acids is 2. The first-order valence-corrected chi connectivity index (χ1v) is 11.3. The molecule has 9 heteroatoms. The van der Waals surface area contributed by atoms with Crippen LogP contribution in [0.15, 0.2) is 42.0 Å². The maximum Gasteiger partial charge on any atom is 0.270 e. The van der Waals surface area contributed by atoms with E-state index in [-0.39, 0.29) is 41.9 Å². The Bertz CT molecular complexity index is 924. The molecule has 2 amide bonds. The molecule has 0 N–H and O–H groups in total. The first-order chi connectivity index (χ1) is 13.8. The minimum Gasteiger partial charge on any atom is -0.497 e. The zero-order valence-electron chi connectivity index (χ0n) is 16.4. The SMILES string of the molecule is C=CCN(Cc1ccc(OC)cc1)C(=O)C1=NN(C2CCS(=O)(=O)C2)C(=O)CC1. The highest BCUT2D eigenvalue weighted by Crippen LogP contribution is 2.23. The van der Waals surface area contributed by atoms with Crippen molar-refractivity contribution in [1.82, 2.24) is 9.91 Å². The number of carbonyl (C=O) groups is 2. The number of hydrogen-bond donors (Lipinski definition) is 0. The molecule has 1 aromatic rings. The molecule has 1 atom stereocenters. The van der Waals surface area contributed by atoms with E-state index in [1.807, 2.05) is 24.3 Å². The average Bonchev–Trinajstić information content (AvgIpc) is 3.07. The van der Waals surface area contributed by atoms with Crippen molar-refractivity contribution in [3.05, 3.63) is 42.5 Å². The number of methoxy groups -OCH3 is 1. The summed E-state index contributed by atoms with van der Waals surface area (Å²) in [5.41, 5.74) is 1.19. The van der Waals surface area contributed by atoms with Gasteiger partial charge >= 0.3 is 0 Å². The van der Waals surface area contributed by atoms with Crippen molar-refractivity contribution >= 4 is 27.4 Å². The van der Waals surface area contributed by atoms with Crippen molar-refractivity contribution in [1.29, 1.82) is 0 Å². The van der Waals surface area contributed by atoms with E-state index in [9.17, 15) is 18.0 Å². The maximum absolute atomic E-state index is 13.1. The molecule has 1 aromatic carbocycles. The van der Waals surface area contributed by atoms with Crippen molar-refractivity contribution in [2.45, 2.75) is 31.8 Å². The molecule has 8 nitrogen and oxygen atoms in total. The highest BCUT2D eigenvalue weighted by molar-refractivity contribution is 7.91. The van der Waals surface area contributed by atoms with Gasteiger partial charge in [-0.3, -0.25) is 9.59 Å². The maximum atomic E-state index is 13.1. The number of rotatable bonds is 7. The van der Waals surface area contributed by atoms with Crippen LogP contribution in [0.3, 0.4) is 0 Å². The van der Waals surface area contributed by atoms with Crippen LogP contribution in [0.25, 0.3) is 0 Å². The van der Waals surface area contributed by atoms with E-state index in [0.717, 1.165) is 11.3 Å². The predicted octanol–water partition coefficient (Wildman–Crippen LogP) is 1.38. The van der Waals surface area contributed by atoms with Gasteiger partial charge in [-0.1, -0.05) is 18.2 Å². The monoisotopic (exact) mass is 419 g/mol. The van der Waals surface area contributed by atoms with Gasteiger partial charge in [-0.15, -0.1) is 6.58 Å². The number of sulfone groups is 1. The fraction of sp³-hybridized carbons (Fsp3) is 0.450. The molecular formula is C20H25N3O5S. The van der Waals surface area contributed by atoms with E-state index in [1.165, 1.54) is 5.01 Å². The van der Waals surface area contributed by atoms with Gasteiger partial charge in [0.2, 0.25) is 5.91 Å². The van der Waals surface area contributed by atoms with Gasteiger partial charge in [0.15, 0.2) is 9.84 Å². The van der Waals surface area contributed by atoms with Gasteiger partial charge in [0, 0.05) is 25.9 Å². The summed E-state index contributed by atoms with van der Waals surface area (Å²) in [6, 6.07) is 6.91. The average molecular weight is 420 g/mol. The zero-order chi connectivity index (χ0) is 21.0. The molecule has 2 aliphatic heterocycles. The lowest BCUT2D eigenvalue weighted by molar-refractivity contribution is -0.134. The van der Waals surface area contributed by atoms with Gasteiger partial charge in [-0.2, -0.15) is 5.10 Å². The second-order valence-electron chi connectivity index (χ2n) is 7.16. The fourth-order valence-electron chi connectivity index (χ4n) is 3.49. The van der Waals surface area contributed by atoms with Crippen LogP contribution in [0.5, 0.6) is 5.75 Å². The normalized spacial score (nSPS) is 20.9. The lowest BCUT2D eigenvalue weighted by Crippen LogP contribution is -2.45. The van der Waals surface area contributed by atoms with Crippen molar-refractivity contribution in [3.8, 4) is 5.75 Å². The van der Waals surface area contributed by atoms with Crippen LogP contribution < -0.4 is 4.74 Å². The molecule has 1 saturated heterocycles. The first kappa shape index (κ1) is 21.0. The third kappa shape index (κ3) is 5.03. The van der Waals surface area contributed by atoms with Gasteiger partial charge in [0.1, 0.15) is 11.5 Å². The summed E-state index contributed by atoms with van der Waals surface area (Å²) >= 11 is 0. The number of hydrazone groups is 1. The second-order valence-corrected chi connectivity index (χ2v) is 9.39. The summed E-state index contributed by atoms with van der Waals surface area (Å²) in [7, 11) is -1.57. The fourth-order valence-corrected chi connectivity index (χ4v) is 5.18. The van der Waals surface area contributed by atoms with Gasteiger partial charge in [0.25, 0.3) is 5.91 Å². The number of ether oxygens (including phenoxy) is 1. The molecule has 0 saturated carbocycles. The predicted molar refractivity (Wildman–Crippen MR) is 109 cm³/mol. The van der Waals surface area contributed by atoms with Crippen LogP contribution in [-0.2, 0) is 26.0 Å². The Hall–Kier alpha value is -2.68. The summed E-state index contributed by atoms with van der Waals surface area (Å²) in [6.07, 6.45) is 2.37. The minimum atomic E-state index is -3.16. The molecule has 1 fully saturated rings. The summed E-state index contributed by atoms with van der Waals surface area (Å²) < 4.78 is 28.7. The Morgan fingerprint density at radius 2 is 2.07 bits per heavy atom.